The molecule has 0 aliphatic carbocycles. The zero-order valence-corrected chi connectivity index (χ0v) is 13.0. The number of rotatable bonds is 2. The lowest BCUT2D eigenvalue weighted by atomic mass is 10.0. The first kappa shape index (κ1) is 14.7. The van der Waals surface area contributed by atoms with Gasteiger partial charge in [-0.3, -0.25) is 9.59 Å². The molecule has 2 fully saturated rings. The highest BCUT2D eigenvalue weighted by molar-refractivity contribution is 6.06. The number of carbonyl (C=O) groups excluding carboxylic acids is 3. The largest absolute Gasteiger partial charge is 0.439 e. The molecule has 24 heavy (non-hydrogen) atoms. The Bertz CT molecular complexity index is 804. The summed E-state index contributed by atoms with van der Waals surface area (Å²) >= 11 is 0. The SMILES string of the molecule is O=C(c1c[nH]c2ccccc12)N1CCC(N2C(=O)COC2=O)CC1. The Labute approximate surface area is 138 Å². The molecule has 2 aromatic rings. The zero-order valence-electron chi connectivity index (χ0n) is 13.0. The molecule has 0 unspecified atom stereocenters. The van der Waals surface area contributed by atoms with Gasteiger partial charge in [0.1, 0.15) is 0 Å². The van der Waals surface area contributed by atoms with E-state index in [0.29, 0.717) is 31.5 Å². The third kappa shape index (κ3) is 2.33. The predicted molar refractivity (Wildman–Crippen MR) is 85.4 cm³/mol. The number of aromatic nitrogens is 1. The number of piperidine rings is 1. The van der Waals surface area contributed by atoms with E-state index in [4.69, 9.17) is 4.74 Å². The minimum absolute atomic E-state index is 0.0266. The summed E-state index contributed by atoms with van der Waals surface area (Å²) in [6.45, 7) is 0.855. The van der Waals surface area contributed by atoms with E-state index in [9.17, 15) is 14.4 Å². The van der Waals surface area contributed by atoms with E-state index in [1.807, 2.05) is 24.3 Å². The van der Waals surface area contributed by atoms with Crippen LogP contribution in [0.5, 0.6) is 0 Å². The highest BCUT2D eigenvalue weighted by Gasteiger charge is 2.39. The van der Waals surface area contributed by atoms with Gasteiger partial charge < -0.3 is 14.6 Å². The third-order valence-corrected chi connectivity index (χ3v) is 4.72. The Balaban J connectivity index is 1.47. The number of ether oxygens (including phenoxy) is 1. The van der Waals surface area contributed by atoms with Crippen molar-refractivity contribution in [1.29, 1.82) is 0 Å². The van der Waals surface area contributed by atoms with Crippen molar-refractivity contribution in [2.75, 3.05) is 19.7 Å². The number of likely N-dealkylation sites (tertiary alicyclic amines) is 1. The first-order valence-corrected chi connectivity index (χ1v) is 7.99. The van der Waals surface area contributed by atoms with E-state index in [0.717, 1.165) is 10.9 Å². The molecule has 0 atom stereocenters. The topological polar surface area (TPSA) is 82.7 Å². The van der Waals surface area contributed by atoms with Gasteiger partial charge in [-0.2, -0.15) is 0 Å². The highest BCUT2D eigenvalue weighted by Crippen LogP contribution is 2.24. The van der Waals surface area contributed by atoms with Crippen LogP contribution < -0.4 is 0 Å². The molecule has 1 aromatic carbocycles. The molecule has 4 rings (SSSR count). The minimum Gasteiger partial charge on any atom is -0.439 e. The number of nitrogens with zero attached hydrogens (tertiary/aromatic N) is 2. The van der Waals surface area contributed by atoms with Gasteiger partial charge in [0.15, 0.2) is 6.61 Å². The van der Waals surface area contributed by atoms with Crippen molar-refractivity contribution in [2.45, 2.75) is 18.9 Å². The van der Waals surface area contributed by atoms with Crippen LogP contribution in [-0.2, 0) is 9.53 Å². The number of carbonyl (C=O) groups is 3. The Hall–Kier alpha value is -2.83. The monoisotopic (exact) mass is 327 g/mol. The average Bonchev–Trinajstić information content (AvgIpc) is 3.18. The number of amides is 3. The average molecular weight is 327 g/mol. The summed E-state index contributed by atoms with van der Waals surface area (Å²) in [6.07, 6.45) is 2.33. The fraction of sp³-hybridized carbons (Fsp3) is 0.353. The molecule has 7 heteroatoms. The normalized spacial score (nSPS) is 19.2. The first-order valence-electron chi connectivity index (χ1n) is 7.99. The molecular formula is C17H17N3O4. The summed E-state index contributed by atoms with van der Waals surface area (Å²) in [5.74, 6) is -0.317. The smallest absolute Gasteiger partial charge is 0.417 e. The molecule has 1 aromatic heterocycles. The van der Waals surface area contributed by atoms with E-state index < -0.39 is 6.09 Å². The molecule has 0 saturated carbocycles. The second-order valence-electron chi connectivity index (χ2n) is 6.09. The summed E-state index contributed by atoms with van der Waals surface area (Å²) in [6, 6.07) is 7.50. The van der Waals surface area contributed by atoms with Gasteiger partial charge in [0, 0.05) is 36.2 Å². The summed E-state index contributed by atoms with van der Waals surface area (Å²) in [5, 5.41) is 0.905. The van der Waals surface area contributed by atoms with Crippen LogP contribution in [0, 0.1) is 0 Å². The number of imide groups is 1. The molecule has 0 spiro atoms. The van der Waals surface area contributed by atoms with Gasteiger partial charge in [0.2, 0.25) is 0 Å². The van der Waals surface area contributed by atoms with Crippen LogP contribution in [0.1, 0.15) is 23.2 Å². The third-order valence-electron chi connectivity index (χ3n) is 4.72. The van der Waals surface area contributed by atoms with Crippen molar-refractivity contribution in [1.82, 2.24) is 14.8 Å². The van der Waals surface area contributed by atoms with E-state index in [1.165, 1.54) is 4.90 Å². The number of fused-ring (bicyclic) bond motifs is 1. The van der Waals surface area contributed by atoms with Crippen molar-refractivity contribution >= 4 is 28.8 Å². The zero-order chi connectivity index (χ0) is 16.7. The Morgan fingerprint density at radius 1 is 1.17 bits per heavy atom. The van der Waals surface area contributed by atoms with Crippen LogP contribution >= 0.6 is 0 Å². The lowest BCUT2D eigenvalue weighted by Gasteiger charge is -2.34. The molecular weight excluding hydrogens is 310 g/mol. The molecule has 7 nitrogen and oxygen atoms in total. The summed E-state index contributed by atoms with van der Waals surface area (Å²) < 4.78 is 4.77. The first-order chi connectivity index (χ1) is 11.6. The molecule has 0 bridgehead atoms. The molecule has 3 amide bonds. The number of benzene rings is 1. The van der Waals surface area contributed by atoms with Gasteiger partial charge in [-0.05, 0) is 18.9 Å². The number of para-hydroxylation sites is 1. The molecule has 2 saturated heterocycles. The Morgan fingerprint density at radius 3 is 2.62 bits per heavy atom. The van der Waals surface area contributed by atoms with Crippen LogP contribution in [0.2, 0.25) is 0 Å². The van der Waals surface area contributed by atoms with E-state index >= 15 is 0 Å². The van der Waals surface area contributed by atoms with Crippen molar-refractivity contribution in [3.63, 3.8) is 0 Å². The van der Waals surface area contributed by atoms with E-state index in [1.54, 1.807) is 11.1 Å². The molecule has 2 aliphatic heterocycles. The van der Waals surface area contributed by atoms with Gasteiger partial charge in [0.05, 0.1) is 5.56 Å². The lowest BCUT2D eigenvalue weighted by molar-refractivity contribution is -0.127. The maximum atomic E-state index is 12.8. The van der Waals surface area contributed by atoms with Crippen molar-refractivity contribution in [3.8, 4) is 0 Å². The van der Waals surface area contributed by atoms with E-state index in [-0.39, 0.29) is 24.5 Å². The van der Waals surface area contributed by atoms with Gasteiger partial charge >= 0.3 is 6.09 Å². The van der Waals surface area contributed by atoms with Crippen LogP contribution in [0.25, 0.3) is 10.9 Å². The number of hydrogen-bond acceptors (Lipinski definition) is 4. The molecule has 124 valence electrons. The van der Waals surface area contributed by atoms with Gasteiger partial charge in [-0.25, -0.2) is 9.69 Å². The van der Waals surface area contributed by atoms with Crippen LogP contribution in [0.4, 0.5) is 4.79 Å². The number of H-pyrrole nitrogens is 1. The minimum atomic E-state index is -0.568. The quantitative estimate of drug-likeness (QED) is 0.911. The van der Waals surface area contributed by atoms with Crippen molar-refractivity contribution in [2.24, 2.45) is 0 Å². The Morgan fingerprint density at radius 2 is 1.92 bits per heavy atom. The summed E-state index contributed by atoms with van der Waals surface area (Å²) in [7, 11) is 0. The Kier molecular flexibility index (Phi) is 3.48. The number of hydrogen-bond donors (Lipinski definition) is 1. The molecule has 0 radical (unpaired) electrons. The predicted octanol–water partition coefficient (Wildman–Crippen LogP) is 1.75. The van der Waals surface area contributed by atoms with Crippen LogP contribution in [0.3, 0.4) is 0 Å². The number of aromatic amines is 1. The molecule has 2 aliphatic rings. The van der Waals surface area contributed by atoms with E-state index in [2.05, 4.69) is 4.98 Å². The van der Waals surface area contributed by atoms with Gasteiger partial charge in [0.25, 0.3) is 11.8 Å². The number of nitrogens with one attached hydrogen (secondary N) is 1. The second kappa shape index (κ2) is 5.67. The van der Waals surface area contributed by atoms with Crippen molar-refractivity contribution in [3.05, 3.63) is 36.0 Å². The number of cyclic esters (lactones) is 1. The maximum absolute atomic E-state index is 12.8. The fourth-order valence-corrected chi connectivity index (χ4v) is 3.46. The standard InChI is InChI=1S/C17H17N3O4/c21-15-10-24-17(23)20(15)11-5-7-19(8-6-11)16(22)13-9-18-14-4-2-1-3-12(13)14/h1-4,9,11,18H,5-8,10H2. The van der Waals surface area contributed by atoms with Gasteiger partial charge in [-0.15, -0.1) is 0 Å². The second-order valence-corrected chi connectivity index (χ2v) is 6.09. The molecule has 3 heterocycles. The molecule has 1 N–H and O–H groups in total. The highest BCUT2D eigenvalue weighted by atomic mass is 16.6. The van der Waals surface area contributed by atoms with Crippen LogP contribution in [-0.4, -0.2) is 58.4 Å². The van der Waals surface area contributed by atoms with Crippen LogP contribution in [0.15, 0.2) is 30.5 Å². The maximum Gasteiger partial charge on any atom is 0.417 e. The van der Waals surface area contributed by atoms with Crippen molar-refractivity contribution < 1.29 is 19.1 Å². The van der Waals surface area contributed by atoms with Gasteiger partial charge in [-0.1, -0.05) is 18.2 Å². The lowest BCUT2D eigenvalue weighted by Crippen LogP contribution is -2.48. The fourth-order valence-electron chi connectivity index (χ4n) is 3.46. The summed E-state index contributed by atoms with van der Waals surface area (Å²) in [5.41, 5.74) is 1.59. The summed E-state index contributed by atoms with van der Waals surface area (Å²) in [4.78, 5) is 42.2.